The molecule has 1 aliphatic carbocycles. The van der Waals surface area contributed by atoms with E-state index in [4.69, 9.17) is 9.84 Å². The number of amides is 1. The first-order valence-electron chi connectivity index (χ1n) is 12.3. The lowest BCUT2D eigenvalue weighted by Gasteiger charge is -2.24. The Kier molecular flexibility index (Phi) is 8.56. The molecule has 1 fully saturated rings. The van der Waals surface area contributed by atoms with Crippen molar-refractivity contribution >= 4 is 43.3 Å². The second-order valence-corrected chi connectivity index (χ2v) is 14.9. The molecule has 2 N–H and O–H groups in total. The molecule has 0 spiro atoms. The van der Waals surface area contributed by atoms with Crippen LogP contribution in [-0.4, -0.2) is 57.4 Å². The number of carbonyl (C=O) groups is 1. The van der Waals surface area contributed by atoms with Crippen LogP contribution in [0.25, 0.3) is 0 Å². The molecule has 39 heavy (non-hydrogen) atoms. The van der Waals surface area contributed by atoms with Gasteiger partial charge in [-0.1, -0.05) is 0 Å². The summed E-state index contributed by atoms with van der Waals surface area (Å²) >= 11 is 0. The van der Waals surface area contributed by atoms with E-state index in [0.29, 0.717) is 43.3 Å². The highest BCUT2D eigenvalue weighted by atomic mass is 32.3. The van der Waals surface area contributed by atoms with Gasteiger partial charge in [0, 0.05) is 18.0 Å². The number of ether oxygens (including phenoxy) is 1. The number of halogens is 2. The number of benzene rings is 1. The van der Waals surface area contributed by atoms with Crippen LogP contribution in [0.2, 0.25) is 0 Å². The summed E-state index contributed by atoms with van der Waals surface area (Å²) in [6.07, 6.45) is 2.31. The van der Waals surface area contributed by atoms with Gasteiger partial charge in [-0.2, -0.15) is 8.81 Å². The van der Waals surface area contributed by atoms with E-state index in [1.54, 1.807) is 10.7 Å². The summed E-state index contributed by atoms with van der Waals surface area (Å²) in [5, 5.41) is 10.2. The highest BCUT2D eigenvalue weighted by Crippen LogP contribution is 2.38. The summed E-state index contributed by atoms with van der Waals surface area (Å²) in [5.41, 5.74) is -1.18. The van der Waals surface area contributed by atoms with E-state index in [1.807, 2.05) is 34.6 Å². The molecular weight excluding hydrogens is 556 g/mol. The monoisotopic (exact) mass is 591 g/mol. The van der Waals surface area contributed by atoms with Crippen LogP contribution in [-0.2, 0) is 30.3 Å². The van der Waals surface area contributed by atoms with Gasteiger partial charge in [0.2, 0.25) is 20.0 Å². The zero-order chi connectivity index (χ0) is 29.5. The van der Waals surface area contributed by atoms with Gasteiger partial charge in [0.05, 0.1) is 29.4 Å². The largest absolute Gasteiger partial charge is 0.446 e. The minimum atomic E-state index is -4.47. The Morgan fingerprint density at radius 1 is 1.10 bits per heavy atom. The number of aromatic nitrogens is 2. The van der Waals surface area contributed by atoms with Gasteiger partial charge in [0.15, 0.2) is 11.6 Å². The van der Waals surface area contributed by atoms with E-state index in [-0.39, 0.29) is 27.5 Å². The van der Waals surface area contributed by atoms with Crippen molar-refractivity contribution in [1.29, 1.82) is 0 Å². The average Bonchev–Trinajstić information content (AvgIpc) is 3.37. The van der Waals surface area contributed by atoms with E-state index in [0.717, 1.165) is 12.1 Å². The third kappa shape index (κ3) is 7.18. The fraction of sp³-hybridized carbons (Fsp3) is 0.583. The van der Waals surface area contributed by atoms with Gasteiger partial charge in [-0.25, -0.2) is 35.1 Å². The lowest BCUT2D eigenvalue weighted by atomic mass is 10.0. The molecule has 218 valence electrons. The molecule has 0 saturated heterocycles. The first kappa shape index (κ1) is 30.6. The van der Waals surface area contributed by atoms with Crippen molar-refractivity contribution in [3.63, 3.8) is 0 Å². The van der Waals surface area contributed by atoms with Crippen LogP contribution in [0.15, 0.2) is 18.2 Å². The number of sulfonamides is 2. The standard InChI is InChI=1S/C24H35F2N5O6S2/c1-14(2)27-23(32)37-16-9-8-15(12-16)18-13-20(30(29-18)24(3,4)5)28-17-10-11-19(22(26)21(17)25)31(38(6,33)34)39(7,35)36/h10-11,13-16,28H,8-9,12H2,1-7H3,(H,27,32)/t15-,16+/m0/s1. The predicted molar refractivity (Wildman–Crippen MR) is 144 cm³/mol. The highest BCUT2D eigenvalue weighted by molar-refractivity contribution is 8.09. The van der Waals surface area contributed by atoms with E-state index >= 15 is 8.78 Å². The van der Waals surface area contributed by atoms with Crippen LogP contribution >= 0.6 is 0 Å². The number of nitrogens with one attached hydrogen (secondary N) is 2. The Balaban J connectivity index is 1.91. The normalized spacial score (nSPS) is 18.3. The molecular formula is C24H35F2N5O6S2. The van der Waals surface area contributed by atoms with Crippen molar-refractivity contribution in [3.05, 3.63) is 35.5 Å². The molecule has 2 atom stereocenters. The molecule has 0 bridgehead atoms. The molecule has 1 aromatic carbocycles. The minimum Gasteiger partial charge on any atom is -0.446 e. The third-order valence-electron chi connectivity index (χ3n) is 5.97. The molecule has 0 aliphatic heterocycles. The van der Waals surface area contributed by atoms with Gasteiger partial charge < -0.3 is 15.4 Å². The maximum Gasteiger partial charge on any atom is 0.407 e. The summed E-state index contributed by atoms with van der Waals surface area (Å²) < 4.78 is 85.3. The van der Waals surface area contributed by atoms with Gasteiger partial charge in [0.25, 0.3) is 0 Å². The predicted octanol–water partition coefficient (Wildman–Crippen LogP) is 4.16. The van der Waals surface area contributed by atoms with E-state index < -0.39 is 49.0 Å². The van der Waals surface area contributed by atoms with Gasteiger partial charge in [-0.3, -0.25) is 0 Å². The van der Waals surface area contributed by atoms with Crippen LogP contribution in [0.3, 0.4) is 0 Å². The maximum atomic E-state index is 15.1. The van der Waals surface area contributed by atoms with Crippen LogP contribution in [0, 0.1) is 11.6 Å². The molecule has 11 nitrogen and oxygen atoms in total. The number of hydrogen-bond donors (Lipinski definition) is 2. The lowest BCUT2D eigenvalue weighted by molar-refractivity contribution is 0.0981. The molecule has 1 amide bonds. The fourth-order valence-corrected chi connectivity index (χ4v) is 7.42. The molecule has 0 radical (unpaired) electrons. The lowest BCUT2D eigenvalue weighted by Crippen LogP contribution is -2.36. The van der Waals surface area contributed by atoms with Crippen LogP contribution in [0.1, 0.15) is 65.5 Å². The Labute approximate surface area is 228 Å². The van der Waals surface area contributed by atoms with E-state index in [9.17, 15) is 21.6 Å². The molecule has 1 aliphatic rings. The van der Waals surface area contributed by atoms with Gasteiger partial charge >= 0.3 is 6.09 Å². The van der Waals surface area contributed by atoms with Crippen molar-refractivity contribution < 1.29 is 35.1 Å². The molecule has 3 rings (SSSR count). The molecule has 1 heterocycles. The molecule has 15 heteroatoms. The summed E-state index contributed by atoms with van der Waals surface area (Å²) in [6.45, 7) is 9.30. The van der Waals surface area contributed by atoms with Crippen LogP contribution < -0.4 is 14.3 Å². The molecule has 0 unspecified atom stereocenters. The Bertz CT molecular complexity index is 1420. The number of hydrogen-bond acceptors (Lipinski definition) is 8. The van der Waals surface area contributed by atoms with Gasteiger partial charge in [-0.05, 0) is 66.0 Å². The summed E-state index contributed by atoms with van der Waals surface area (Å²) in [7, 11) is -8.94. The average molecular weight is 592 g/mol. The van der Waals surface area contributed by atoms with Crippen molar-refractivity contribution in [3.8, 4) is 0 Å². The molecule has 2 aromatic rings. The zero-order valence-corrected chi connectivity index (χ0v) is 24.6. The fourth-order valence-electron chi connectivity index (χ4n) is 4.45. The number of nitrogens with zero attached hydrogens (tertiary/aromatic N) is 3. The van der Waals surface area contributed by atoms with Gasteiger partial charge in [-0.15, -0.1) is 0 Å². The summed E-state index contributed by atoms with van der Waals surface area (Å²) in [6, 6.07) is 3.59. The van der Waals surface area contributed by atoms with E-state index in [1.165, 1.54) is 0 Å². The van der Waals surface area contributed by atoms with Crippen molar-refractivity contribution in [2.45, 2.75) is 77.5 Å². The third-order valence-corrected chi connectivity index (χ3v) is 9.19. The SMILES string of the molecule is CC(C)NC(=O)O[C@@H]1CC[C@H](c2cc(Nc3ccc(N(S(C)(=O)=O)S(C)(=O)=O)c(F)c3F)n(C(C)(C)C)n2)C1. The molecule has 1 saturated carbocycles. The second-order valence-electron chi connectivity index (χ2n) is 11.0. The van der Waals surface area contributed by atoms with Crippen molar-refractivity contribution in [2.24, 2.45) is 0 Å². The number of rotatable bonds is 8. The maximum absolute atomic E-state index is 15.1. The minimum absolute atomic E-state index is 0.0342. The Morgan fingerprint density at radius 3 is 2.26 bits per heavy atom. The highest BCUT2D eigenvalue weighted by Gasteiger charge is 2.34. The summed E-state index contributed by atoms with van der Waals surface area (Å²) in [5.74, 6) is -2.80. The van der Waals surface area contributed by atoms with Crippen molar-refractivity contribution in [1.82, 2.24) is 15.1 Å². The summed E-state index contributed by atoms with van der Waals surface area (Å²) in [4.78, 5) is 12.0. The first-order valence-corrected chi connectivity index (χ1v) is 16.0. The number of alkyl carbamates (subject to hydrolysis) is 1. The Hall–Kier alpha value is -2.94. The van der Waals surface area contributed by atoms with Crippen molar-refractivity contribution in [2.75, 3.05) is 21.5 Å². The number of carbonyl (C=O) groups excluding carboxylic acids is 1. The van der Waals surface area contributed by atoms with Crippen LogP contribution in [0.4, 0.5) is 30.8 Å². The topological polar surface area (TPSA) is 140 Å². The van der Waals surface area contributed by atoms with Gasteiger partial charge in [0.1, 0.15) is 17.6 Å². The second kappa shape index (κ2) is 10.9. The first-order chi connectivity index (χ1) is 17.8. The quantitative estimate of drug-likeness (QED) is 0.467. The number of anilines is 3. The Morgan fingerprint density at radius 2 is 1.72 bits per heavy atom. The smallest absolute Gasteiger partial charge is 0.407 e. The van der Waals surface area contributed by atoms with E-state index in [2.05, 4.69) is 10.6 Å². The molecule has 1 aromatic heterocycles. The zero-order valence-electron chi connectivity index (χ0n) is 22.9. The van der Waals surface area contributed by atoms with Crippen LogP contribution in [0.5, 0.6) is 0 Å².